The van der Waals surface area contributed by atoms with Crippen molar-refractivity contribution in [1.29, 1.82) is 0 Å². The van der Waals surface area contributed by atoms with Gasteiger partial charge in [-0.2, -0.15) is 0 Å². The minimum atomic E-state index is -1.67. The third-order valence-electron chi connectivity index (χ3n) is 4.57. The molecule has 6 heteroatoms. The molecular formula is C21H15Cl2NO2S. The van der Waals surface area contributed by atoms with Gasteiger partial charge in [-0.25, -0.2) is 9.35 Å². The molecule has 0 aliphatic heterocycles. The second-order valence-electron chi connectivity index (χ2n) is 6.11. The average Bonchev–Trinajstić information content (AvgIpc) is 2.65. The molecule has 0 saturated heterocycles. The molecule has 136 valence electrons. The van der Waals surface area contributed by atoms with Gasteiger partial charge in [0.1, 0.15) is 16.7 Å². The van der Waals surface area contributed by atoms with E-state index in [1.54, 1.807) is 13.2 Å². The maximum absolute atomic E-state index is 12.3. The van der Waals surface area contributed by atoms with E-state index in [0.717, 1.165) is 32.7 Å². The third kappa shape index (κ3) is 3.19. The Morgan fingerprint density at radius 2 is 1.37 bits per heavy atom. The first-order valence-corrected chi connectivity index (χ1v) is 10.1. The fourth-order valence-corrected chi connectivity index (χ4v) is 4.39. The number of hydrogen-bond acceptors (Lipinski definition) is 2. The summed E-state index contributed by atoms with van der Waals surface area (Å²) in [7, 11) is -0.0618. The zero-order chi connectivity index (χ0) is 19.1. The Hall–Kier alpha value is -2.11. The molecule has 0 saturated carbocycles. The predicted molar refractivity (Wildman–Crippen MR) is 114 cm³/mol. The van der Waals surface area contributed by atoms with E-state index in [-0.39, 0.29) is 0 Å². The zero-order valence-electron chi connectivity index (χ0n) is 14.3. The normalized spacial score (nSPS) is 12.4. The van der Waals surface area contributed by atoms with Crippen LogP contribution in [0.15, 0.2) is 65.6 Å². The highest BCUT2D eigenvalue weighted by Crippen LogP contribution is 2.43. The van der Waals surface area contributed by atoms with Crippen molar-refractivity contribution in [2.24, 2.45) is 5.14 Å². The quantitative estimate of drug-likeness (QED) is 0.448. The summed E-state index contributed by atoms with van der Waals surface area (Å²) >= 11 is 12.3. The molecule has 4 aromatic carbocycles. The Balaban J connectivity index is 2.22. The highest BCUT2D eigenvalue weighted by molar-refractivity contribution is 7.82. The SMILES string of the molecule is COc1ccc2cc(Cl)ccc2c1-c1c(S(N)=O)ccc2cc(Cl)ccc12. The van der Waals surface area contributed by atoms with Crippen LogP contribution in [0.5, 0.6) is 5.75 Å². The van der Waals surface area contributed by atoms with Crippen molar-refractivity contribution in [3.05, 3.63) is 70.7 Å². The molecule has 3 nitrogen and oxygen atoms in total. The summed E-state index contributed by atoms with van der Waals surface area (Å²) in [5, 5.41) is 10.8. The van der Waals surface area contributed by atoms with E-state index < -0.39 is 11.0 Å². The maximum atomic E-state index is 12.3. The molecule has 1 unspecified atom stereocenters. The Labute approximate surface area is 169 Å². The van der Waals surface area contributed by atoms with Gasteiger partial charge < -0.3 is 4.74 Å². The highest BCUT2D eigenvalue weighted by Gasteiger charge is 2.19. The number of benzene rings is 4. The van der Waals surface area contributed by atoms with Gasteiger partial charge >= 0.3 is 0 Å². The molecule has 0 aliphatic rings. The smallest absolute Gasteiger partial charge is 0.127 e. The number of fused-ring (bicyclic) bond motifs is 2. The van der Waals surface area contributed by atoms with Gasteiger partial charge in [0, 0.05) is 21.2 Å². The van der Waals surface area contributed by atoms with Crippen LogP contribution in [0.3, 0.4) is 0 Å². The Morgan fingerprint density at radius 1 is 0.815 bits per heavy atom. The molecular weight excluding hydrogens is 401 g/mol. The molecule has 4 aromatic rings. The summed E-state index contributed by atoms with van der Waals surface area (Å²) in [4.78, 5) is 0.533. The van der Waals surface area contributed by atoms with Gasteiger partial charge in [-0.1, -0.05) is 47.5 Å². The van der Waals surface area contributed by atoms with Crippen molar-refractivity contribution < 1.29 is 8.95 Å². The van der Waals surface area contributed by atoms with Crippen LogP contribution in [0.1, 0.15) is 0 Å². The topological polar surface area (TPSA) is 52.3 Å². The zero-order valence-corrected chi connectivity index (χ0v) is 16.7. The molecule has 0 aliphatic carbocycles. The van der Waals surface area contributed by atoms with E-state index in [0.29, 0.717) is 20.7 Å². The number of ether oxygens (including phenoxy) is 1. The minimum Gasteiger partial charge on any atom is -0.496 e. The van der Waals surface area contributed by atoms with E-state index in [2.05, 4.69) is 0 Å². The Kier molecular flexibility index (Phi) is 4.82. The number of rotatable bonds is 3. The first-order valence-electron chi connectivity index (χ1n) is 8.14. The molecule has 0 spiro atoms. The van der Waals surface area contributed by atoms with Crippen molar-refractivity contribution in [2.75, 3.05) is 7.11 Å². The van der Waals surface area contributed by atoms with Crippen molar-refractivity contribution in [3.8, 4) is 16.9 Å². The van der Waals surface area contributed by atoms with E-state index in [9.17, 15) is 4.21 Å². The lowest BCUT2D eigenvalue weighted by molar-refractivity contribution is 0.417. The highest BCUT2D eigenvalue weighted by atomic mass is 35.5. The van der Waals surface area contributed by atoms with Crippen LogP contribution in [0.25, 0.3) is 32.7 Å². The first-order chi connectivity index (χ1) is 13.0. The molecule has 0 radical (unpaired) electrons. The van der Waals surface area contributed by atoms with Gasteiger partial charge in [0.15, 0.2) is 0 Å². The van der Waals surface area contributed by atoms with Gasteiger partial charge in [0.25, 0.3) is 0 Å². The second-order valence-corrected chi connectivity index (χ2v) is 8.02. The van der Waals surface area contributed by atoms with E-state index in [1.807, 2.05) is 54.6 Å². The monoisotopic (exact) mass is 415 g/mol. The Bertz CT molecular complexity index is 1220. The lowest BCUT2D eigenvalue weighted by atomic mass is 9.93. The number of hydrogen-bond donors (Lipinski definition) is 1. The molecule has 1 atom stereocenters. The fourth-order valence-electron chi connectivity index (χ4n) is 3.41. The summed E-state index contributed by atoms with van der Waals surface area (Å²) in [6.07, 6.45) is 0. The minimum absolute atomic E-state index is 0.533. The Morgan fingerprint density at radius 3 is 1.93 bits per heavy atom. The fraction of sp³-hybridized carbons (Fsp3) is 0.0476. The van der Waals surface area contributed by atoms with Crippen molar-refractivity contribution in [3.63, 3.8) is 0 Å². The lowest BCUT2D eigenvalue weighted by Gasteiger charge is -2.17. The number of nitrogens with two attached hydrogens (primary N) is 1. The molecule has 2 N–H and O–H groups in total. The largest absolute Gasteiger partial charge is 0.496 e. The summed E-state index contributed by atoms with van der Waals surface area (Å²) in [6, 6.07) is 18.7. The average molecular weight is 416 g/mol. The van der Waals surface area contributed by atoms with E-state index in [4.69, 9.17) is 33.1 Å². The van der Waals surface area contributed by atoms with Crippen LogP contribution in [-0.2, 0) is 11.0 Å². The predicted octanol–water partition coefficient (Wildman–Crippen LogP) is 5.96. The molecule has 0 bridgehead atoms. The van der Waals surface area contributed by atoms with E-state index in [1.165, 1.54) is 0 Å². The summed E-state index contributed by atoms with van der Waals surface area (Å²) in [5.74, 6) is 0.666. The number of halogens is 2. The van der Waals surface area contributed by atoms with Crippen LogP contribution in [0.4, 0.5) is 0 Å². The van der Waals surface area contributed by atoms with Crippen molar-refractivity contribution in [2.45, 2.75) is 4.90 Å². The van der Waals surface area contributed by atoms with Gasteiger partial charge in [-0.3, -0.25) is 0 Å². The summed E-state index contributed by atoms with van der Waals surface area (Å²) in [5.41, 5.74) is 1.60. The molecule has 27 heavy (non-hydrogen) atoms. The van der Waals surface area contributed by atoms with Crippen LogP contribution >= 0.6 is 23.2 Å². The van der Waals surface area contributed by atoms with E-state index >= 15 is 0 Å². The standard InChI is InChI=1S/C21H15Cl2NO2S/c1-26-18-8-2-12-10-14(22)4-6-16(12)20(18)21-17-7-5-15(23)11-13(17)3-9-19(21)27(24)25/h2-11H,24H2,1H3. The summed E-state index contributed by atoms with van der Waals surface area (Å²) < 4.78 is 18.0. The third-order valence-corrected chi connectivity index (χ3v) is 5.82. The molecule has 0 fully saturated rings. The molecule has 0 amide bonds. The molecule has 4 rings (SSSR count). The molecule has 0 aromatic heterocycles. The van der Waals surface area contributed by atoms with Crippen molar-refractivity contribution in [1.82, 2.24) is 0 Å². The van der Waals surface area contributed by atoms with Crippen LogP contribution in [0, 0.1) is 0 Å². The summed E-state index contributed by atoms with van der Waals surface area (Å²) in [6.45, 7) is 0. The van der Waals surface area contributed by atoms with Gasteiger partial charge in [-0.15, -0.1) is 0 Å². The first kappa shape index (κ1) is 18.3. The lowest BCUT2D eigenvalue weighted by Crippen LogP contribution is -2.05. The second kappa shape index (κ2) is 7.13. The van der Waals surface area contributed by atoms with Crippen LogP contribution in [-0.4, -0.2) is 11.3 Å². The van der Waals surface area contributed by atoms with Gasteiger partial charge in [0.05, 0.1) is 12.0 Å². The number of methoxy groups -OCH3 is 1. The molecule has 0 heterocycles. The van der Waals surface area contributed by atoms with Crippen LogP contribution < -0.4 is 9.88 Å². The maximum Gasteiger partial charge on any atom is 0.127 e. The van der Waals surface area contributed by atoms with Gasteiger partial charge in [0.2, 0.25) is 0 Å². The van der Waals surface area contributed by atoms with Crippen LogP contribution in [0.2, 0.25) is 10.0 Å². The van der Waals surface area contributed by atoms with Gasteiger partial charge in [-0.05, 0) is 57.9 Å². The van der Waals surface area contributed by atoms with Crippen molar-refractivity contribution >= 4 is 55.7 Å².